The van der Waals surface area contributed by atoms with Crippen molar-refractivity contribution in [2.24, 2.45) is 5.73 Å². The van der Waals surface area contributed by atoms with E-state index in [-0.39, 0.29) is 11.1 Å². The van der Waals surface area contributed by atoms with E-state index in [4.69, 9.17) is 11.0 Å². The molecule has 2 aliphatic carbocycles. The molecular formula is C23H24FN3. The molecule has 2 bridgehead atoms. The van der Waals surface area contributed by atoms with Gasteiger partial charge in [0.2, 0.25) is 0 Å². The summed E-state index contributed by atoms with van der Waals surface area (Å²) in [6, 6.07) is 14.2. The van der Waals surface area contributed by atoms with Crippen LogP contribution in [0.1, 0.15) is 54.7 Å². The van der Waals surface area contributed by atoms with Crippen molar-refractivity contribution in [1.82, 2.24) is 4.90 Å². The zero-order chi connectivity index (χ0) is 18.6. The summed E-state index contributed by atoms with van der Waals surface area (Å²) in [6.45, 7) is 1.88. The molecule has 27 heavy (non-hydrogen) atoms. The van der Waals surface area contributed by atoms with Crippen molar-refractivity contribution in [3.05, 3.63) is 58.9 Å². The van der Waals surface area contributed by atoms with Crippen molar-refractivity contribution in [3.8, 4) is 17.2 Å². The fourth-order valence-electron chi connectivity index (χ4n) is 5.01. The van der Waals surface area contributed by atoms with Gasteiger partial charge in [0, 0.05) is 24.7 Å². The minimum Gasteiger partial charge on any atom is -0.324 e. The van der Waals surface area contributed by atoms with Crippen molar-refractivity contribution in [2.75, 3.05) is 6.54 Å². The Kier molecular flexibility index (Phi) is 3.86. The number of nitrogens with two attached hydrogens (primary N) is 1. The molecule has 3 nitrogen and oxygen atoms in total. The van der Waals surface area contributed by atoms with Crippen LogP contribution in [0.5, 0.6) is 0 Å². The Morgan fingerprint density at radius 2 is 2.04 bits per heavy atom. The van der Waals surface area contributed by atoms with Crippen LogP contribution in [0.15, 0.2) is 36.4 Å². The Morgan fingerprint density at radius 1 is 1.19 bits per heavy atom. The molecule has 1 aliphatic heterocycles. The molecule has 1 heterocycles. The molecule has 1 saturated heterocycles. The summed E-state index contributed by atoms with van der Waals surface area (Å²) in [5, 5.41) is 9.00. The number of piperidine rings is 1. The van der Waals surface area contributed by atoms with Crippen LogP contribution >= 0.6 is 0 Å². The monoisotopic (exact) mass is 361 g/mol. The average molecular weight is 361 g/mol. The Labute approximate surface area is 159 Å². The van der Waals surface area contributed by atoms with E-state index in [1.54, 1.807) is 6.07 Å². The molecule has 3 aliphatic rings. The number of halogens is 1. The van der Waals surface area contributed by atoms with Gasteiger partial charge in [-0.1, -0.05) is 18.2 Å². The van der Waals surface area contributed by atoms with Crippen LogP contribution < -0.4 is 5.73 Å². The molecule has 0 spiro atoms. The van der Waals surface area contributed by atoms with Gasteiger partial charge in [0.1, 0.15) is 11.9 Å². The molecule has 0 radical (unpaired) electrons. The quantitative estimate of drug-likeness (QED) is 0.883. The number of hydrogen-bond acceptors (Lipinski definition) is 3. The lowest BCUT2D eigenvalue weighted by Crippen LogP contribution is -2.44. The number of nitrogens with zero attached hydrogens (tertiary/aromatic N) is 2. The lowest BCUT2D eigenvalue weighted by Gasteiger charge is -2.30. The Balaban J connectivity index is 1.48. The molecule has 2 N–H and O–H groups in total. The van der Waals surface area contributed by atoms with E-state index in [1.165, 1.54) is 36.5 Å². The van der Waals surface area contributed by atoms with Crippen molar-refractivity contribution in [2.45, 2.75) is 56.1 Å². The fraction of sp³-hybridized carbons (Fsp3) is 0.435. The van der Waals surface area contributed by atoms with Gasteiger partial charge in [0.15, 0.2) is 0 Å². The number of fused-ring (bicyclic) bond motifs is 2. The number of hydrogen-bond donors (Lipinski definition) is 1. The first-order valence-electron chi connectivity index (χ1n) is 9.90. The SMILES string of the molecule is N#Cc1ccc(-c2cc(CN3C[C@]4(N)CC[C@H]3C4)ccc2C2CC2)cc1F. The average Bonchev–Trinajstić information content (AvgIpc) is 3.36. The van der Waals surface area contributed by atoms with Crippen LogP contribution in [0, 0.1) is 17.1 Å². The molecule has 2 saturated carbocycles. The highest BCUT2D eigenvalue weighted by atomic mass is 19.1. The summed E-state index contributed by atoms with van der Waals surface area (Å²) in [5.74, 6) is 0.145. The first-order valence-corrected chi connectivity index (χ1v) is 9.90. The largest absolute Gasteiger partial charge is 0.324 e. The number of rotatable bonds is 4. The molecule has 2 atom stereocenters. The van der Waals surface area contributed by atoms with Gasteiger partial charge in [-0.3, -0.25) is 4.90 Å². The third kappa shape index (κ3) is 3.05. The lowest BCUT2D eigenvalue weighted by molar-refractivity contribution is 0.195. The molecular weight excluding hydrogens is 337 g/mol. The predicted molar refractivity (Wildman–Crippen MR) is 103 cm³/mol. The topological polar surface area (TPSA) is 53.0 Å². The minimum atomic E-state index is -0.441. The second-order valence-corrected chi connectivity index (χ2v) is 8.67. The second kappa shape index (κ2) is 6.15. The maximum Gasteiger partial charge on any atom is 0.141 e. The van der Waals surface area contributed by atoms with E-state index in [9.17, 15) is 4.39 Å². The van der Waals surface area contributed by atoms with Crippen LogP contribution in [0.25, 0.3) is 11.1 Å². The van der Waals surface area contributed by atoms with E-state index in [1.807, 2.05) is 12.1 Å². The first kappa shape index (κ1) is 16.9. The van der Waals surface area contributed by atoms with E-state index in [0.717, 1.165) is 37.1 Å². The van der Waals surface area contributed by atoms with E-state index < -0.39 is 5.82 Å². The number of benzene rings is 2. The summed E-state index contributed by atoms with van der Waals surface area (Å²) in [5.41, 5.74) is 11.1. The maximum atomic E-state index is 14.2. The van der Waals surface area contributed by atoms with Gasteiger partial charge in [-0.2, -0.15) is 5.26 Å². The standard InChI is InChI=1S/C23H24FN3/c24-22-10-17(4-5-18(22)12-25)21-9-15(1-6-20(21)16-2-3-16)13-27-14-23(26)8-7-19(27)11-23/h1,4-6,9-10,16,19H,2-3,7-8,11,13-14,26H2/t19-,23-/m0/s1. The minimum absolute atomic E-state index is 0.0116. The van der Waals surface area contributed by atoms with Crippen molar-refractivity contribution >= 4 is 0 Å². The third-order valence-corrected chi connectivity index (χ3v) is 6.57. The summed E-state index contributed by atoms with van der Waals surface area (Å²) in [6.07, 6.45) is 5.86. The Morgan fingerprint density at radius 3 is 2.67 bits per heavy atom. The van der Waals surface area contributed by atoms with Gasteiger partial charge >= 0.3 is 0 Å². The molecule has 0 aromatic heterocycles. The van der Waals surface area contributed by atoms with Gasteiger partial charge in [-0.05, 0) is 78.5 Å². The van der Waals surface area contributed by atoms with Crippen molar-refractivity contribution in [3.63, 3.8) is 0 Å². The van der Waals surface area contributed by atoms with E-state index in [0.29, 0.717) is 12.0 Å². The molecule has 2 aromatic rings. The van der Waals surface area contributed by atoms with Crippen molar-refractivity contribution < 1.29 is 4.39 Å². The summed E-state index contributed by atoms with van der Waals surface area (Å²) in [7, 11) is 0. The normalized spacial score (nSPS) is 27.1. The molecule has 4 heteroatoms. The van der Waals surface area contributed by atoms with Crippen LogP contribution in [0.4, 0.5) is 4.39 Å². The van der Waals surface area contributed by atoms with Crippen molar-refractivity contribution in [1.29, 1.82) is 5.26 Å². The zero-order valence-electron chi connectivity index (χ0n) is 15.4. The number of likely N-dealkylation sites (tertiary alicyclic amines) is 1. The van der Waals surface area contributed by atoms with Crippen LogP contribution in [0.3, 0.4) is 0 Å². The predicted octanol–water partition coefficient (Wildman–Crippen LogP) is 4.31. The van der Waals surface area contributed by atoms with Gasteiger partial charge in [-0.15, -0.1) is 0 Å². The fourth-order valence-corrected chi connectivity index (χ4v) is 5.01. The van der Waals surface area contributed by atoms with Crippen LogP contribution in [-0.2, 0) is 6.54 Å². The van der Waals surface area contributed by atoms with E-state index in [2.05, 4.69) is 23.1 Å². The summed E-state index contributed by atoms with van der Waals surface area (Å²) < 4.78 is 14.2. The summed E-state index contributed by atoms with van der Waals surface area (Å²) >= 11 is 0. The molecule has 0 unspecified atom stereocenters. The van der Waals surface area contributed by atoms with Gasteiger partial charge < -0.3 is 5.73 Å². The Bertz CT molecular complexity index is 943. The number of nitriles is 1. The molecule has 3 fully saturated rings. The van der Waals surface area contributed by atoms with Crippen LogP contribution in [0.2, 0.25) is 0 Å². The highest BCUT2D eigenvalue weighted by Crippen LogP contribution is 2.45. The first-order chi connectivity index (χ1) is 13.0. The van der Waals surface area contributed by atoms with Gasteiger partial charge in [0.25, 0.3) is 0 Å². The van der Waals surface area contributed by atoms with Gasteiger partial charge in [0.05, 0.1) is 5.56 Å². The molecule has 0 amide bonds. The second-order valence-electron chi connectivity index (χ2n) is 8.67. The third-order valence-electron chi connectivity index (χ3n) is 6.57. The Hall–Kier alpha value is -2.22. The highest BCUT2D eigenvalue weighted by Gasteiger charge is 2.46. The van der Waals surface area contributed by atoms with E-state index >= 15 is 0 Å². The van der Waals surface area contributed by atoms with Crippen LogP contribution in [-0.4, -0.2) is 23.0 Å². The molecule has 138 valence electrons. The zero-order valence-corrected chi connectivity index (χ0v) is 15.4. The van der Waals surface area contributed by atoms with Gasteiger partial charge in [-0.25, -0.2) is 4.39 Å². The molecule has 2 aromatic carbocycles. The highest BCUT2D eigenvalue weighted by molar-refractivity contribution is 5.70. The molecule has 5 rings (SSSR count). The smallest absolute Gasteiger partial charge is 0.141 e. The lowest BCUT2D eigenvalue weighted by atomic mass is 9.93. The maximum absolute atomic E-state index is 14.2. The summed E-state index contributed by atoms with van der Waals surface area (Å²) in [4.78, 5) is 2.51.